The van der Waals surface area contributed by atoms with Gasteiger partial charge >= 0.3 is 0 Å². The van der Waals surface area contributed by atoms with Crippen LogP contribution in [0.4, 0.5) is 0 Å². The topological polar surface area (TPSA) is 49.6 Å². The summed E-state index contributed by atoms with van der Waals surface area (Å²) in [5.74, 6) is 0.499. The van der Waals surface area contributed by atoms with Crippen molar-refractivity contribution >= 4 is 5.91 Å². The quantitative estimate of drug-likeness (QED) is 0.731. The molecule has 0 saturated carbocycles. The van der Waals surface area contributed by atoms with Gasteiger partial charge in [0.05, 0.1) is 11.5 Å². The molecule has 2 rings (SSSR count). The van der Waals surface area contributed by atoms with Crippen LogP contribution in [-0.2, 0) is 4.79 Å². The molecular formula is C13H25N3O. The van der Waals surface area contributed by atoms with Crippen LogP contribution >= 0.6 is 0 Å². The van der Waals surface area contributed by atoms with Gasteiger partial charge in [0, 0.05) is 19.1 Å². The van der Waals surface area contributed by atoms with E-state index in [1.54, 1.807) is 0 Å². The Morgan fingerprint density at radius 2 is 2.00 bits per heavy atom. The van der Waals surface area contributed by atoms with Crippen molar-refractivity contribution in [1.29, 1.82) is 0 Å². The molecule has 98 valence electrons. The van der Waals surface area contributed by atoms with Gasteiger partial charge in [-0.2, -0.15) is 0 Å². The molecular weight excluding hydrogens is 214 g/mol. The van der Waals surface area contributed by atoms with Crippen LogP contribution in [0.5, 0.6) is 0 Å². The minimum absolute atomic E-state index is 0.110. The molecule has 0 bridgehead atoms. The van der Waals surface area contributed by atoms with Gasteiger partial charge in [0.15, 0.2) is 0 Å². The number of nitrogens with zero attached hydrogens (tertiary/aromatic N) is 2. The second kappa shape index (κ2) is 4.58. The zero-order chi connectivity index (χ0) is 12.6. The second-order valence-electron chi connectivity index (χ2n) is 6.14. The maximum Gasteiger partial charge on any atom is 0.227 e. The Morgan fingerprint density at radius 3 is 2.59 bits per heavy atom. The molecule has 0 radical (unpaired) electrons. The number of amides is 1. The molecule has 17 heavy (non-hydrogen) atoms. The highest BCUT2D eigenvalue weighted by Gasteiger charge is 2.42. The molecule has 2 aliphatic rings. The molecule has 4 heteroatoms. The minimum atomic E-state index is -0.184. The lowest BCUT2D eigenvalue weighted by molar-refractivity contribution is -0.143. The van der Waals surface area contributed by atoms with Gasteiger partial charge in [-0.1, -0.05) is 0 Å². The van der Waals surface area contributed by atoms with Gasteiger partial charge in [-0.3, -0.25) is 4.79 Å². The largest absolute Gasteiger partial charge is 0.336 e. The van der Waals surface area contributed by atoms with E-state index in [1.807, 2.05) is 4.90 Å². The highest BCUT2D eigenvalue weighted by Crippen LogP contribution is 2.29. The highest BCUT2D eigenvalue weighted by molar-refractivity contribution is 5.80. The van der Waals surface area contributed by atoms with Crippen molar-refractivity contribution in [1.82, 2.24) is 9.80 Å². The first kappa shape index (κ1) is 12.8. The van der Waals surface area contributed by atoms with E-state index < -0.39 is 0 Å². The molecule has 2 atom stereocenters. The Morgan fingerprint density at radius 1 is 1.29 bits per heavy atom. The monoisotopic (exact) mass is 239 g/mol. The Kier molecular flexibility index (Phi) is 3.46. The average molecular weight is 239 g/mol. The number of nitrogens with two attached hydrogens (primary N) is 1. The van der Waals surface area contributed by atoms with E-state index in [1.165, 1.54) is 0 Å². The molecule has 0 aliphatic carbocycles. The Balaban J connectivity index is 2.08. The van der Waals surface area contributed by atoms with Gasteiger partial charge in [0.1, 0.15) is 0 Å². The molecule has 1 amide bonds. The van der Waals surface area contributed by atoms with Crippen molar-refractivity contribution in [3.63, 3.8) is 0 Å². The van der Waals surface area contributed by atoms with Crippen molar-refractivity contribution < 1.29 is 4.79 Å². The van der Waals surface area contributed by atoms with E-state index in [9.17, 15) is 4.79 Å². The molecule has 0 aromatic heterocycles. The third-order valence-corrected chi connectivity index (χ3v) is 4.51. The Hall–Kier alpha value is -0.610. The van der Waals surface area contributed by atoms with Crippen LogP contribution in [0.2, 0.25) is 0 Å². The zero-order valence-corrected chi connectivity index (χ0v) is 11.3. The number of carbonyl (C=O) groups is 1. The van der Waals surface area contributed by atoms with Crippen molar-refractivity contribution in [2.24, 2.45) is 11.7 Å². The first-order valence-electron chi connectivity index (χ1n) is 6.68. The van der Waals surface area contributed by atoms with Gasteiger partial charge in [-0.05, 0) is 46.7 Å². The normalized spacial score (nSPS) is 34.0. The first-order valence-corrected chi connectivity index (χ1v) is 6.68. The number of rotatable bonds is 1. The molecule has 2 saturated heterocycles. The van der Waals surface area contributed by atoms with E-state index in [2.05, 4.69) is 25.8 Å². The van der Waals surface area contributed by atoms with E-state index in [-0.39, 0.29) is 17.5 Å². The maximum absolute atomic E-state index is 12.6. The van der Waals surface area contributed by atoms with Gasteiger partial charge in [-0.15, -0.1) is 0 Å². The summed E-state index contributed by atoms with van der Waals surface area (Å²) in [6.45, 7) is 7.03. The number of carbonyl (C=O) groups excluding carboxylic acids is 1. The van der Waals surface area contributed by atoms with Crippen LogP contribution in [0.15, 0.2) is 0 Å². The molecule has 0 aromatic carbocycles. The summed E-state index contributed by atoms with van der Waals surface area (Å²) in [4.78, 5) is 16.8. The van der Waals surface area contributed by atoms with E-state index in [0.29, 0.717) is 5.91 Å². The van der Waals surface area contributed by atoms with E-state index >= 15 is 0 Å². The standard InChI is InChI=1S/C13H25N3O/c1-13(2)11(14)5-4-7-16(13)12(17)10-6-8-15(3)9-10/h10-11H,4-9,14H2,1-3H3. The fraction of sp³-hybridized carbons (Fsp3) is 0.923. The molecule has 2 heterocycles. The Labute approximate surface area is 104 Å². The summed E-state index contributed by atoms with van der Waals surface area (Å²) in [7, 11) is 2.08. The van der Waals surface area contributed by atoms with Crippen molar-refractivity contribution in [2.45, 2.75) is 44.7 Å². The Bertz CT molecular complexity index is 303. The van der Waals surface area contributed by atoms with Crippen molar-refractivity contribution in [2.75, 3.05) is 26.7 Å². The van der Waals surface area contributed by atoms with Gasteiger partial charge in [0.25, 0.3) is 0 Å². The highest BCUT2D eigenvalue weighted by atomic mass is 16.2. The fourth-order valence-corrected chi connectivity index (χ4v) is 3.06. The summed E-state index contributed by atoms with van der Waals surface area (Å²) >= 11 is 0. The molecule has 0 aromatic rings. The van der Waals surface area contributed by atoms with E-state index in [4.69, 9.17) is 5.73 Å². The molecule has 2 N–H and O–H groups in total. The fourth-order valence-electron chi connectivity index (χ4n) is 3.06. The van der Waals surface area contributed by atoms with Crippen LogP contribution in [0, 0.1) is 5.92 Å². The van der Waals surface area contributed by atoms with Gasteiger partial charge in [-0.25, -0.2) is 0 Å². The maximum atomic E-state index is 12.6. The predicted molar refractivity (Wildman–Crippen MR) is 68.6 cm³/mol. The predicted octanol–water partition coefficient (Wildman–Crippen LogP) is 0.666. The smallest absolute Gasteiger partial charge is 0.227 e. The van der Waals surface area contributed by atoms with Gasteiger partial charge < -0.3 is 15.5 Å². The zero-order valence-electron chi connectivity index (χ0n) is 11.3. The minimum Gasteiger partial charge on any atom is -0.336 e. The van der Waals surface area contributed by atoms with Crippen molar-refractivity contribution in [3.05, 3.63) is 0 Å². The average Bonchev–Trinajstić information content (AvgIpc) is 2.68. The third kappa shape index (κ3) is 2.33. The lowest BCUT2D eigenvalue weighted by Crippen LogP contribution is -2.62. The van der Waals surface area contributed by atoms with Crippen LogP contribution in [0.25, 0.3) is 0 Å². The molecule has 2 aliphatic heterocycles. The summed E-state index contributed by atoms with van der Waals surface area (Å²) in [5.41, 5.74) is 5.98. The SMILES string of the molecule is CN1CCC(C(=O)N2CCCC(N)C2(C)C)C1. The molecule has 0 spiro atoms. The molecule has 2 unspecified atom stereocenters. The first-order chi connectivity index (χ1) is 7.93. The summed E-state index contributed by atoms with van der Waals surface area (Å²) in [6.07, 6.45) is 3.07. The number of likely N-dealkylation sites (tertiary alicyclic amines) is 2. The summed E-state index contributed by atoms with van der Waals surface area (Å²) < 4.78 is 0. The molecule has 4 nitrogen and oxygen atoms in total. The van der Waals surface area contributed by atoms with E-state index in [0.717, 1.165) is 38.9 Å². The third-order valence-electron chi connectivity index (χ3n) is 4.51. The number of piperidine rings is 1. The lowest BCUT2D eigenvalue weighted by atomic mass is 9.84. The summed E-state index contributed by atoms with van der Waals surface area (Å²) in [5, 5.41) is 0. The van der Waals surface area contributed by atoms with Crippen LogP contribution < -0.4 is 5.73 Å². The van der Waals surface area contributed by atoms with Crippen LogP contribution in [0.1, 0.15) is 33.1 Å². The second-order valence-corrected chi connectivity index (χ2v) is 6.14. The molecule has 2 fully saturated rings. The van der Waals surface area contributed by atoms with Crippen LogP contribution in [-0.4, -0.2) is 54.0 Å². The van der Waals surface area contributed by atoms with Crippen molar-refractivity contribution in [3.8, 4) is 0 Å². The summed E-state index contributed by atoms with van der Waals surface area (Å²) in [6, 6.07) is 0.110. The van der Waals surface area contributed by atoms with Gasteiger partial charge in [0.2, 0.25) is 5.91 Å². The lowest BCUT2D eigenvalue weighted by Gasteiger charge is -2.47. The van der Waals surface area contributed by atoms with Crippen LogP contribution in [0.3, 0.4) is 0 Å². The number of hydrogen-bond donors (Lipinski definition) is 1. The number of hydrogen-bond acceptors (Lipinski definition) is 3.